The van der Waals surface area contributed by atoms with Crippen molar-refractivity contribution >= 4 is 5.97 Å². The third-order valence-corrected chi connectivity index (χ3v) is 6.23. The van der Waals surface area contributed by atoms with Gasteiger partial charge in [0.15, 0.2) is 0 Å². The van der Waals surface area contributed by atoms with Gasteiger partial charge in [-0.1, -0.05) is 124 Å². The highest BCUT2D eigenvalue weighted by atomic mass is 16.5. The Hall–Kier alpha value is -0.830. The van der Waals surface area contributed by atoms with Gasteiger partial charge in [0.25, 0.3) is 0 Å². The highest BCUT2D eigenvalue weighted by Gasteiger charge is 2.08. The Morgan fingerprint density at radius 1 is 0.576 bits per heavy atom. The minimum Gasteiger partial charge on any atom is -0.462 e. The average molecular weight is 467 g/mol. The van der Waals surface area contributed by atoms with Crippen LogP contribution in [0.25, 0.3) is 0 Å². The molecule has 0 bridgehead atoms. The summed E-state index contributed by atoms with van der Waals surface area (Å²) in [7, 11) is 0. The van der Waals surface area contributed by atoms with Crippen molar-refractivity contribution in [3.8, 4) is 0 Å². The standard InChI is InChI=1S/C30H58O3/c1-28(2)29(31)33-27-23-19-15-10-8-6-7-9-13-17-21-25-32-26-22-18-14-11-12-16-20-24-30(3,4)5/h1,6-27H2,2-5H3. The van der Waals surface area contributed by atoms with Crippen molar-refractivity contribution in [2.24, 2.45) is 5.41 Å². The smallest absolute Gasteiger partial charge is 0.333 e. The molecule has 0 N–H and O–H groups in total. The van der Waals surface area contributed by atoms with Gasteiger partial charge in [-0.15, -0.1) is 0 Å². The topological polar surface area (TPSA) is 35.5 Å². The Bertz CT molecular complexity index is 450. The number of ether oxygens (including phenoxy) is 2. The first-order valence-electron chi connectivity index (χ1n) is 14.2. The van der Waals surface area contributed by atoms with E-state index in [1.807, 2.05) is 0 Å². The lowest BCUT2D eigenvalue weighted by molar-refractivity contribution is -0.139. The lowest BCUT2D eigenvalue weighted by atomic mass is 9.89. The van der Waals surface area contributed by atoms with E-state index in [0.29, 0.717) is 17.6 Å². The first-order valence-corrected chi connectivity index (χ1v) is 14.2. The summed E-state index contributed by atoms with van der Waals surface area (Å²) in [6.07, 6.45) is 24.9. The SMILES string of the molecule is C=C(C)C(=O)OCCCCCCCCCCCCCOCCCCCCCCCC(C)(C)C. The van der Waals surface area contributed by atoms with E-state index >= 15 is 0 Å². The summed E-state index contributed by atoms with van der Waals surface area (Å²) in [6.45, 7) is 14.8. The van der Waals surface area contributed by atoms with Crippen LogP contribution in [0.1, 0.15) is 150 Å². The maximum atomic E-state index is 11.3. The second-order valence-electron chi connectivity index (χ2n) is 11.2. The maximum Gasteiger partial charge on any atom is 0.333 e. The van der Waals surface area contributed by atoms with E-state index in [2.05, 4.69) is 27.4 Å². The number of rotatable bonds is 24. The van der Waals surface area contributed by atoms with Crippen LogP contribution in [-0.2, 0) is 14.3 Å². The highest BCUT2D eigenvalue weighted by Crippen LogP contribution is 2.22. The minimum absolute atomic E-state index is 0.259. The Labute approximate surface area is 207 Å². The van der Waals surface area contributed by atoms with Crippen molar-refractivity contribution in [3.05, 3.63) is 12.2 Å². The Morgan fingerprint density at radius 2 is 0.909 bits per heavy atom. The fourth-order valence-corrected chi connectivity index (χ4v) is 4.03. The van der Waals surface area contributed by atoms with Gasteiger partial charge in [-0.3, -0.25) is 0 Å². The molecular weight excluding hydrogens is 408 g/mol. The van der Waals surface area contributed by atoms with Crippen LogP contribution in [0.5, 0.6) is 0 Å². The van der Waals surface area contributed by atoms with Gasteiger partial charge in [0.2, 0.25) is 0 Å². The molecule has 0 aromatic rings. The number of carbonyl (C=O) groups excluding carboxylic acids is 1. The van der Waals surface area contributed by atoms with Crippen molar-refractivity contribution < 1.29 is 14.3 Å². The lowest BCUT2D eigenvalue weighted by Crippen LogP contribution is -2.05. The predicted octanol–water partition coefficient (Wildman–Crippen LogP) is 9.58. The van der Waals surface area contributed by atoms with Gasteiger partial charge in [-0.25, -0.2) is 4.79 Å². The van der Waals surface area contributed by atoms with E-state index in [0.717, 1.165) is 26.1 Å². The van der Waals surface area contributed by atoms with E-state index in [1.165, 1.54) is 109 Å². The summed E-state index contributed by atoms with van der Waals surface area (Å²) in [6, 6.07) is 0. The van der Waals surface area contributed by atoms with E-state index in [-0.39, 0.29) is 5.97 Å². The van der Waals surface area contributed by atoms with Crippen LogP contribution in [0.15, 0.2) is 12.2 Å². The zero-order chi connectivity index (χ0) is 24.6. The highest BCUT2D eigenvalue weighted by molar-refractivity contribution is 5.86. The Balaban J connectivity index is 3.09. The third kappa shape index (κ3) is 27.3. The van der Waals surface area contributed by atoms with Crippen LogP contribution in [0, 0.1) is 5.41 Å². The number of esters is 1. The molecule has 0 aromatic carbocycles. The Kier molecular flexibility index (Phi) is 22.4. The summed E-state index contributed by atoms with van der Waals surface area (Å²) in [5.41, 5.74) is 0.991. The van der Waals surface area contributed by atoms with Crippen molar-refractivity contribution in [1.29, 1.82) is 0 Å². The molecule has 0 atom stereocenters. The fraction of sp³-hybridized carbons (Fsp3) is 0.900. The molecule has 0 aliphatic rings. The van der Waals surface area contributed by atoms with E-state index in [9.17, 15) is 4.79 Å². The van der Waals surface area contributed by atoms with Gasteiger partial charge in [-0.2, -0.15) is 0 Å². The van der Waals surface area contributed by atoms with Gasteiger partial charge in [0.1, 0.15) is 0 Å². The van der Waals surface area contributed by atoms with Gasteiger partial charge < -0.3 is 9.47 Å². The molecule has 0 saturated carbocycles. The second kappa shape index (κ2) is 22.9. The number of carbonyl (C=O) groups is 1. The molecule has 0 heterocycles. The summed E-state index contributed by atoms with van der Waals surface area (Å²) < 4.78 is 10.9. The van der Waals surface area contributed by atoms with Gasteiger partial charge in [0.05, 0.1) is 6.61 Å². The van der Waals surface area contributed by atoms with Crippen molar-refractivity contribution in [2.75, 3.05) is 19.8 Å². The molecule has 0 rings (SSSR count). The molecule has 196 valence electrons. The predicted molar refractivity (Wildman–Crippen MR) is 144 cm³/mol. The number of unbranched alkanes of at least 4 members (excludes halogenated alkanes) is 16. The average Bonchev–Trinajstić information content (AvgIpc) is 2.75. The van der Waals surface area contributed by atoms with Crippen molar-refractivity contribution in [3.63, 3.8) is 0 Å². The van der Waals surface area contributed by atoms with Gasteiger partial charge in [-0.05, 0) is 38.0 Å². The van der Waals surface area contributed by atoms with E-state index in [1.54, 1.807) is 6.92 Å². The minimum atomic E-state index is -0.259. The van der Waals surface area contributed by atoms with Crippen LogP contribution >= 0.6 is 0 Å². The number of hydrogen-bond donors (Lipinski definition) is 0. The maximum absolute atomic E-state index is 11.3. The van der Waals surface area contributed by atoms with Crippen LogP contribution in [0.4, 0.5) is 0 Å². The van der Waals surface area contributed by atoms with Gasteiger partial charge >= 0.3 is 5.97 Å². The van der Waals surface area contributed by atoms with E-state index in [4.69, 9.17) is 9.47 Å². The van der Waals surface area contributed by atoms with Crippen molar-refractivity contribution in [2.45, 2.75) is 150 Å². The molecule has 0 radical (unpaired) electrons. The first-order chi connectivity index (χ1) is 15.8. The van der Waals surface area contributed by atoms with E-state index < -0.39 is 0 Å². The fourth-order valence-electron chi connectivity index (χ4n) is 4.03. The molecule has 3 heteroatoms. The molecule has 0 unspecified atom stereocenters. The zero-order valence-electron chi connectivity index (χ0n) is 23.0. The molecule has 0 aliphatic heterocycles. The molecule has 0 aromatic heterocycles. The summed E-state index contributed by atoms with van der Waals surface area (Å²) in [5.74, 6) is -0.259. The lowest BCUT2D eigenvalue weighted by Gasteiger charge is -2.17. The largest absolute Gasteiger partial charge is 0.462 e. The third-order valence-electron chi connectivity index (χ3n) is 6.23. The zero-order valence-corrected chi connectivity index (χ0v) is 23.0. The van der Waals surface area contributed by atoms with Gasteiger partial charge in [0, 0.05) is 18.8 Å². The molecule has 0 spiro atoms. The van der Waals surface area contributed by atoms with Crippen LogP contribution < -0.4 is 0 Å². The second-order valence-corrected chi connectivity index (χ2v) is 11.2. The number of hydrogen-bond acceptors (Lipinski definition) is 3. The monoisotopic (exact) mass is 466 g/mol. The molecule has 0 amide bonds. The Morgan fingerprint density at radius 3 is 1.27 bits per heavy atom. The molecule has 0 saturated heterocycles. The van der Waals surface area contributed by atoms with Crippen molar-refractivity contribution in [1.82, 2.24) is 0 Å². The molecule has 0 fully saturated rings. The molecule has 33 heavy (non-hydrogen) atoms. The van der Waals surface area contributed by atoms with Crippen LogP contribution in [0.2, 0.25) is 0 Å². The quantitative estimate of drug-likeness (QED) is 0.0806. The summed E-state index contributed by atoms with van der Waals surface area (Å²) in [5, 5.41) is 0. The normalized spacial score (nSPS) is 11.6. The molecule has 0 aliphatic carbocycles. The van der Waals surface area contributed by atoms with Crippen LogP contribution in [0.3, 0.4) is 0 Å². The molecular formula is C30H58O3. The summed E-state index contributed by atoms with van der Waals surface area (Å²) >= 11 is 0. The van der Waals surface area contributed by atoms with Crippen LogP contribution in [-0.4, -0.2) is 25.8 Å². The summed E-state index contributed by atoms with van der Waals surface area (Å²) in [4.78, 5) is 11.3. The molecule has 3 nitrogen and oxygen atoms in total. The first kappa shape index (κ1) is 32.2.